The second kappa shape index (κ2) is 5.48. The molecule has 4 heteroatoms. The Labute approximate surface area is 107 Å². The summed E-state index contributed by atoms with van der Waals surface area (Å²) in [6.45, 7) is 6.13. The van der Waals surface area contributed by atoms with Gasteiger partial charge in [-0.3, -0.25) is 0 Å². The molecule has 0 radical (unpaired) electrons. The minimum atomic E-state index is -0.676. The van der Waals surface area contributed by atoms with Crippen LogP contribution in [0, 0.1) is 5.92 Å². The molecule has 0 amide bonds. The van der Waals surface area contributed by atoms with Crippen LogP contribution >= 0.6 is 11.3 Å². The molecule has 0 spiro atoms. The van der Waals surface area contributed by atoms with Crippen molar-refractivity contribution in [2.24, 2.45) is 5.92 Å². The number of thiophene rings is 1. The predicted molar refractivity (Wildman–Crippen MR) is 70.3 cm³/mol. The molecule has 1 aromatic rings. The maximum atomic E-state index is 10.2. The van der Waals surface area contributed by atoms with E-state index in [0.717, 1.165) is 6.42 Å². The van der Waals surface area contributed by atoms with Gasteiger partial charge in [0.2, 0.25) is 0 Å². The Kier molecular flexibility index (Phi) is 4.20. The molecule has 2 rings (SSSR count). The zero-order valence-electron chi connectivity index (χ0n) is 10.5. The number of hydrogen-bond donors (Lipinski definition) is 2. The summed E-state index contributed by atoms with van der Waals surface area (Å²) in [6.07, 6.45) is 0.731. The fraction of sp³-hybridized carbons (Fsp3) is 0.692. The minimum Gasteiger partial charge on any atom is -0.386 e. The van der Waals surface area contributed by atoms with Crippen LogP contribution in [0.15, 0.2) is 17.5 Å². The zero-order chi connectivity index (χ0) is 12.3. The molecule has 0 aliphatic carbocycles. The van der Waals surface area contributed by atoms with E-state index in [1.165, 1.54) is 4.88 Å². The fourth-order valence-electron chi connectivity index (χ4n) is 2.17. The summed E-state index contributed by atoms with van der Waals surface area (Å²) in [4.78, 5) is 1.34. The molecule has 1 aliphatic rings. The number of hydrogen-bond acceptors (Lipinski definition) is 4. The highest BCUT2D eigenvalue weighted by Gasteiger charge is 2.33. The molecule has 3 nitrogen and oxygen atoms in total. The van der Waals surface area contributed by atoms with E-state index in [0.29, 0.717) is 31.7 Å². The average Bonchev–Trinajstić information content (AvgIpc) is 2.90. The molecule has 1 aliphatic heterocycles. The lowest BCUT2D eigenvalue weighted by Gasteiger charge is -2.27. The van der Waals surface area contributed by atoms with Crippen molar-refractivity contribution in [3.63, 3.8) is 0 Å². The zero-order valence-corrected chi connectivity index (χ0v) is 11.3. The van der Waals surface area contributed by atoms with E-state index in [9.17, 15) is 5.11 Å². The van der Waals surface area contributed by atoms with Gasteiger partial charge < -0.3 is 15.2 Å². The SMILES string of the molecule is CC(C)C(NCC1(O)CCOC1)c1cccs1. The molecule has 2 N–H and O–H groups in total. The fourth-order valence-corrected chi connectivity index (χ4v) is 3.14. The second-order valence-electron chi connectivity index (χ2n) is 5.14. The van der Waals surface area contributed by atoms with Gasteiger partial charge in [-0.05, 0) is 17.4 Å². The molecule has 0 saturated carbocycles. The number of aliphatic hydroxyl groups is 1. The van der Waals surface area contributed by atoms with Crippen molar-refractivity contribution >= 4 is 11.3 Å². The first kappa shape index (κ1) is 13.0. The first-order valence-corrected chi connectivity index (χ1v) is 7.06. The van der Waals surface area contributed by atoms with E-state index in [-0.39, 0.29) is 0 Å². The Hall–Kier alpha value is -0.420. The van der Waals surface area contributed by atoms with E-state index >= 15 is 0 Å². The normalized spacial score (nSPS) is 26.6. The monoisotopic (exact) mass is 255 g/mol. The van der Waals surface area contributed by atoms with Gasteiger partial charge in [0.1, 0.15) is 5.60 Å². The first-order chi connectivity index (χ1) is 8.11. The predicted octanol–water partition coefficient (Wildman–Crippen LogP) is 2.19. The van der Waals surface area contributed by atoms with E-state index in [4.69, 9.17) is 4.74 Å². The lowest BCUT2D eigenvalue weighted by atomic mass is 9.99. The van der Waals surface area contributed by atoms with Crippen molar-refractivity contribution in [1.82, 2.24) is 5.32 Å². The summed E-state index contributed by atoms with van der Waals surface area (Å²) in [6, 6.07) is 4.54. The largest absolute Gasteiger partial charge is 0.386 e. The average molecular weight is 255 g/mol. The van der Waals surface area contributed by atoms with Crippen LogP contribution in [-0.2, 0) is 4.74 Å². The van der Waals surface area contributed by atoms with Gasteiger partial charge in [-0.15, -0.1) is 11.3 Å². The molecule has 1 fully saturated rings. The molecule has 2 atom stereocenters. The summed E-state index contributed by atoms with van der Waals surface area (Å²) in [5.41, 5.74) is -0.676. The highest BCUT2D eigenvalue weighted by molar-refractivity contribution is 7.10. The van der Waals surface area contributed by atoms with Gasteiger partial charge in [-0.2, -0.15) is 0 Å². The Balaban J connectivity index is 1.95. The molecule has 0 bridgehead atoms. The van der Waals surface area contributed by atoms with Crippen LogP contribution < -0.4 is 5.32 Å². The van der Waals surface area contributed by atoms with Gasteiger partial charge >= 0.3 is 0 Å². The summed E-state index contributed by atoms with van der Waals surface area (Å²) in [5, 5.41) is 15.8. The highest BCUT2D eigenvalue weighted by Crippen LogP contribution is 2.27. The van der Waals surface area contributed by atoms with Crippen LogP contribution in [0.1, 0.15) is 31.2 Å². The maximum absolute atomic E-state index is 10.2. The van der Waals surface area contributed by atoms with Crippen molar-refractivity contribution < 1.29 is 9.84 Å². The quantitative estimate of drug-likeness (QED) is 0.847. The van der Waals surface area contributed by atoms with Crippen LogP contribution in [0.2, 0.25) is 0 Å². The third-order valence-corrected chi connectivity index (χ3v) is 4.21. The van der Waals surface area contributed by atoms with Crippen molar-refractivity contribution in [2.45, 2.75) is 31.9 Å². The Bertz CT molecular complexity index is 331. The van der Waals surface area contributed by atoms with Crippen LogP contribution in [-0.4, -0.2) is 30.5 Å². The van der Waals surface area contributed by atoms with E-state index in [2.05, 4.69) is 36.7 Å². The first-order valence-electron chi connectivity index (χ1n) is 6.18. The number of rotatable bonds is 5. The summed E-state index contributed by atoms with van der Waals surface area (Å²) >= 11 is 1.77. The summed E-state index contributed by atoms with van der Waals surface area (Å²) in [7, 11) is 0. The Morgan fingerprint density at radius 3 is 2.94 bits per heavy atom. The van der Waals surface area contributed by atoms with Gasteiger partial charge in [0.15, 0.2) is 0 Å². The van der Waals surface area contributed by atoms with E-state index in [1.54, 1.807) is 11.3 Å². The summed E-state index contributed by atoms with van der Waals surface area (Å²) < 4.78 is 5.26. The lowest BCUT2D eigenvalue weighted by molar-refractivity contribution is 0.0236. The molecule has 2 heterocycles. The highest BCUT2D eigenvalue weighted by atomic mass is 32.1. The van der Waals surface area contributed by atoms with Gasteiger partial charge in [-0.1, -0.05) is 19.9 Å². The van der Waals surface area contributed by atoms with E-state index in [1.807, 2.05) is 0 Å². The molecule has 1 saturated heterocycles. The van der Waals surface area contributed by atoms with Crippen LogP contribution in [0.3, 0.4) is 0 Å². The van der Waals surface area contributed by atoms with Crippen molar-refractivity contribution in [2.75, 3.05) is 19.8 Å². The second-order valence-corrected chi connectivity index (χ2v) is 6.12. The third-order valence-electron chi connectivity index (χ3n) is 3.25. The standard InChI is InChI=1S/C13H21NO2S/c1-10(2)12(11-4-3-7-17-11)14-8-13(15)5-6-16-9-13/h3-4,7,10,12,14-15H,5-6,8-9H2,1-2H3. The smallest absolute Gasteiger partial charge is 0.103 e. The van der Waals surface area contributed by atoms with Gasteiger partial charge in [0.25, 0.3) is 0 Å². The molecule has 96 valence electrons. The molecule has 1 aromatic heterocycles. The van der Waals surface area contributed by atoms with Gasteiger partial charge in [0.05, 0.1) is 6.61 Å². The molecular weight excluding hydrogens is 234 g/mol. The third kappa shape index (κ3) is 3.28. The lowest BCUT2D eigenvalue weighted by Crippen LogP contribution is -2.43. The molecule has 17 heavy (non-hydrogen) atoms. The molecule has 2 unspecified atom stereocenters. The van der Waals surface area contributed by atoms with E-state index < -0.39 is 5.60 Å². The minimum absolute atomic E-state index is 0.319. The number of ether oxygens (including phenoxy) is 1. The van der Waals surface area contributed by atoms with Crippen LogP contribution in [0.5, 0.6) is 0 Å². The van der Waals surface area contributed by atoms with Gasteiger partial charge in [-0.25, -0.2) is 0 Å². The summed E-state index contributed by atoms with van der Waals surface area (Å²) in [5.74, 6) is 0.513. The van der Waals surface area contributed by atoms with Crippen molar-refractivity contribution in [3.05, 3.63) is 22.4 Å². The van der Waals surface area contributed by atoms with Crippen molar-refractivity contribution in [3.8, 4) is 0 Å². The Morgan fingerprint density at radius 2 is 2.41 bits per heavy atom. The van der Waals surface area contributed by atoms with Gasteiger partial charge in [0, 0.05) is 30.5 Å². The number of nitrogens with one attached hydrogen (secondary N) is 1. The topological polar surface area (TPSA) is 41.5 Å². The Morgan fingerprint density at radius 1 is 1.59 bits per heavy atom. The van der Waals surface area contributed by atoms with Crippen LogP contribution in [0.4, 0.5) is 0 Å². The van der Waals surface area contributed by atoms with Crippen LogP contribution in [0.25, 0.3) is 0 Å². The maximum Gasteiger partial charge on any atom is 0.103 e. The van der Waals surface area contributed by atoms with Crippen molar-refractivity contribution in [1.29, 1.82) is 0 Å². The molecular formula is C13H21NO2S. The molecule has 0 aromatic carbocycles.